The topological polar surface area (TPSA) is 99.3 Å². The predicted molar refractivity (Wildman–Crippen MR) is 146 cm³/mol. The number of likely N-dealkylation sites (N-methyl/N-ethyl adjacent to an activating group) is 1. The molecule has 0 aromatic heterocycles. The third-order valence-electron chi connectivity index (χ3n) is 6.23. The van der Waals surface area contributed by atoms with E-state index in [-0.39, 0.29) is 17.6 Å². The first-order valence-electron chi connectivity index (χ1n) is 12.7. The number of nitriles is 1. The summed E-state index contributed by atoms with van der Waals surface area (Å²) in [5.74, 6) is 3.04. The summed E-state index contributed by atoms with van der Waals surface area (Å²) in [7, 11) is 2.05. The average Bonchev–Trinajstić information content (AvgIpc) is 3.28. The number of rotatable bonds is 9. The van der Waals surface area contributed by atoms with Crippen molar-refractivity contribution in [1.29, 1.82) is 5.26 Å². The van der Waals surface area contributed by atoms with Crippen molar-refractivity contribution < 1.29 is 19.3 Å². The molecule has 37 heavy (non-hydrogen) atoms. The Morgan fingerprint density at radius 1 is 1.05 bits per heavy atom. The van der Waals surface area contributed by atoms with Gasteiger partial charge in [0, 0.05) is 35.8 Å². The normalized spacial score (nSPS) is 13.5. The molecule has 1 aliphatic heterocycles. The van der Waals surface area contributed by atoms with E-state index in [2.05, 4.69) is 51.8 Å². The molecule has 0 bridgehead atoms. The summed E-state index contributed by atoms with van der Waals surface area (Å²) in [6, 6.07) is 9.46. The molecule has 2 aromatic rings. The molecule has 8 heteroatoms. The average molecular weight is 509 g/mol. The van der Waals surface area contributed by atoms with E-state index in [1.165, 1.54) is 0 Å². The number of hydrogen-bond acceptors (Lipinski definition) is 7. The van der Waals surface area contributed by atoms with Gasteiger partial charge in [0.2, 0.25) is 6.79 Å². The Morgan fingerprint density at radius 2 is 1.70 bits per heavy atom. The minimum Gasteiger partial charge on any atom is -0.507 e. The number of phenols is 1. The van der Waals surface area contributed by atoms with Crippen LogP contribution in [0.25, 0.3) is 0 Å². The lowest BCUT2D eigenvalue weighted by Crippen LogP contribution is -2.26. The van der Waals surface area contributed by atoms with Gasteiger partial charge in [0.05, 0.1) is 0 Å². The number of hydrogen-bond donors (Lipinski definition) is 2. The second-order valence-electron chi connectivity index (χ2n) is 11.4. The molecule has 2 N–H and O–H groups in total. The number of benzene rings is 2. The van der Waals surface area contributed by atoms with Crippen LogP contribution in [0.2, 0.25) is 0 Å². The van der Waals surface area contributed by atoms with Gasteiger partial charge in [-0.05, 0) is 55.1 Å². The van der Waals surface area contributed by atoms with Gasteiger partial charge in [-0.15, -0.1) is 0 Å². The Balaban J connectivity index is 1.59. The number of ether oxygens (including phenoxy) is 3. The fraction of sp³-hybridized carbons (Fsp3) is 0.517. The van der Waals surface area contributed by atoms with Crippen molar-refractivity contribution in [2.75, 3.05) is 40.1 Å². The highest BCUT2D eigenvalue weighted by molar-refractivity contribution is 6.00. The Hall–Kier alpha value is -3.44. The second kappa shape index (κ2) is 11.7. The highest BCUT2D eigenvalue weighted by Crippen LogP contribution is 2.40. The molecule has 0 aliphatic carbocycles. The number of aromatic hydroxyl groups is 1. The lowest BCUT2D eigenvalue weighted by Gasteiger charge is -2.28. The number of fused-ring (bicyclic) bond motifs is 1. The number of amidine groups is 1. The van der Waals surface area contributed by atoms with E-state index >= 15 is 0 Å². The minimum atomic E-state index is -0.261. The first-order chi connectivity index (χ1) is 17.4. The fourth-order valence-electron chi connectivity index (χ4n) is 4.10. The lowest BCUT2D eigenvalue weighted by atomic mass is 9.78. The van der Waals surface area contributed by atoms with Gasteiger partial charge in [0.25, 0.3) is 0 Å². The molecular weight excluding hydrogens is 468 g/mol. The molecule has 200 valence electrons. The van der Waals surface area contributed by atoms with Crippen LogP contribution in [0.1, 0.15) is 64.7 Å². The summed E-state index contributed by atoms with van der Waals surface area (Å²) in [6.07, 6.45) is 2.85. The van der Waals surface area contributed by atoms with Crippen molar-refractivity contribution in [1.82, 2.24) is 10.2 Å². The van der Waals surface area contributed by atoms with E-state index in [9.17, 15) is 10.4 Å². The summed E-state index contributed by atoms with van der Waals surface area (Å²) in [5, 5.41) is 23.1. The Kier molecular flexibility index (Phi) is 8.93. The third kappa shape index (κ3) is 7.53. The maximum absolute atomic E-state index is 11.0. The molecule has 0 unspecified atom stereocenters. The van der Waals surface area contributed by atoms with Gasteiger partial charge < -0.3 is 24.2 Å². The largest absolute Gasteiger partial charge is 0.507 e. The summed E-state index contributed by atoms with van der Waals surface area (Å²) < 4.78 is 16.6. The Labute approximate surface area is 220 Å². The molecule has 0 saturated carbocycles. The summed E-state index contributed by atoms with van der Waals surface area (Å²) >= 11 is 0. The Bertz CT molecular complexity index is 1120. The van der Waals surface area contributed by atoms with Crippen molar-refractivity contribution >= 4 is 5.84 Å². The van der Waals surface area contributed by atoms with E-state index in [0.29, 0.717) is 30.5 Å². The zero-order valence-electron chi connectivity index (χ0n) is 23.1. The molecule has 1 aliphatic rings. The first kappa shape index (κ1) is 28.1. The minimum absolute atomic E-state index is 0.248. The van der Waals surface area contributed by atoms with Crippen LogP contribution >= 0.6 is 0 Å². The molecule has 8 nitrogen and oxygen atoms in total. The van der Waals surface area contributed by atoms with Crippen LogP contribution in [0, 0.1) is 11.5 Å². The van der Waals surface area contributed by atoms with Gasteiger partial charge >= 0.3 is 0 Å². The van der Waals surface area contributed by atoms with Gasteiger partial charge in [-0.1, -0.05) is 41.5 Å². The zero-order chi connectivity index (χ0) is 27.2. The number of phenolic OH excluding ortho intramolecular Hbond substituents is 1. The van der Waals surface area contributed by atoms with Crippen molar-refractivity contribution in [3.05, 3.63) is 47.0 Å². The summed E-state index contributed by atoms with van der Waals surface area (Å²) in [6.45, 7) is 15.4. The van der Waals surface area contributed by atoms with E-state index in [0.717, 1.165) is 47.7 Å². The standard InChI is InChI=1S/C29H40N4O4/c1-28(2,3)22-15-20(16-23(26(22)34)29(4,5)6)27(32-18-30)31-11-8-12-33(7)13-14-35-21-9-10-24-25(17-21)37-19-36-24/h9-10,15-17,34H,8,11-14,19H2,1-7H3,(H,31,32). The van der Waals surface area contributed by atoms with E-state index in [4.69, 9.17) is 19.2 Å². The smallest absolute Gasteiger partial charge is 0.231 e. The molecule has 0 atom stereocenters. The summed E-state index contributed by atoms with van der Waals surface area (Å²) in [5.41, 5.74) is 1.96. The maximum Gasteiger partial charge on any atom is 0.231 e. The molecule has 0 saturated heterocycles. The van der Waals surface area contributed by atoms with Gasteiger partial charge in [0.1, 0.15) is 23.9 Å². The fourth-order valence-corrected chi connectivity index (χ4v) is 4.10. The van der Waals surface area contributed by atoms with Crippen molar-refractivity contribution in [2.24, 2.45) is 4.99 Å². The van der Waals surface area contributed by atoms with Crippen molar-refractivity contribution in [3.63, 3.8) is 0 Å². The van der Waals surface area contributed by atoms with Crippen LogP contribution in [0.4, 0.5) is 0 Å². The van der Waals surface area contributed by atoms with Gasteiger partial charge in [-0.25, -0.2) is 0 Å². The Morgan fingerprint density at radius 3 is 2.32 bits per heavy atom. The highest BCUT2D eigenvalue weighted by atomic mass is 16.7. The maximum atomic E-state index is 11.0. The highest BCUT2D eigenvalue weighted by Gasteiger charge is 2.27. The summed E-state index contributed by atoms with van der Waals surface area (Å²) in [4.78, 5) is 6.90. The third-order valence-corrected chi connectivity index (χ3v) is 6.23. The van der Waals surface area contributed by atoms with Gasteiger partial charge in [-0.2, -0.15) is 5.26 Å². The van der Waals surface area contributed by atoms with Gasteiger partial charge in [-0.3, -0.25) is 10.3 Å². The lowest BCUT2D eigenvalue weighted by molar-refractivity contribution is 0.173. The number of aliphatic imine (C=N–C) groups is 1. The number of nitrogens with one attached hydrogen (secondary N) is 1. The zero-order valence-corrected chi connectivity index (χ0v) is 23.1. The molecule has 3 rings (SSSR count). The van der Waals surface area contributed by atoms with Crippen molar-refractivity contribution in [3.8, 4) is 29.2 Å². The number of nitrogens with zero attached hydrogens (tertiary/aromatic N) is 3. The van der Waals surface area contributed by atoms with Crippen LogP contribution in [-0.4, -0.2) is 55.9 Å². The molecule has 0 spiro atoms. The van der Waals surface area contributed by atoms with Crippen LogP contribution < -0.4 is 19.5 Å². The molecule has 0 fully saturated rings. The molecule has 2 aromatic carbocycles. The predicted octanol–water partition coefficient (Wildman–Crippen LogP) is 4.93. The quantitative estimate of drug-likeness (QED) is 0.163. The first-order valence-corrected chi connectivity index (χ1v) is 12.7. The van der Waals surface area contributed by atoms with Crippen molar-refractivity contribution in [2.45, 2.75) is 58.8 Å². The second-order valence-corrected chi connectivity index (χ2v) is 11.4. The molecule has 1 heterocycles. The SMILES string of the molecule is CN(CCCN=C(NC#N)c1cc(C(C)(C)C)c(O)c(C(C)(C)C)c1)CCOc1ccc2c(c1)OCO2. The monoisotopic (exact) mass is 508 g/mol. The van der Waals surface area contributed by atoms with Crippen LogP contribution in [-0.2, 0) is 10.8 Å². The molecular formula is C29H40N4O4. The van der Waals surface area contributed by atoms with E-state index < -0.39 is 0 Å². The van der Waals surface area contributed by atoms with E-state index in [1.54, 1.807) is 0 Å². The van der Waals surface area contributed by atoms with Gasteiger partial charge in [0.15, 0.2) is 17.7 Å². The molecule has 0 amide bonds. The van der Waals surface area contributed by atoms with E-state index in [1.807, 2.05) is 43.6 Å². The van der Waals surface area contributed by atoms with Crippen LogP contribution in [0.15, 0.2) is 35.3 Å². The van der Waals surface area contributed by atoms with Crippen LogP contribution in [0.5, 0.6) is 23.0 Å². The molecule has 0 radical (unpaired) electrons. The van der Waals surface area contributed by atoms with Crippen LogP contribution in [0.3, 0.4) is 0 Å².